The highest BCUT2D eigenvalue weighted by atomic mass is 32.1. The van der Waals surface area contributed by atoms with E-state index in [4.69, 9.17) is 0 Å². The average molecular weight is 260 g/mol. The Morgan fingerprint density at radius 3 is 2.67 bits per heavy atom. The van der Waals surface area contributed by atoms with Crippen LogP contribution in [0.5, 0.6) is 0 Å². The minimum atomic E-state index is -0.864. The second-order valence-corrected chi connectivity index (χ2v) is 5.80. The molecular weight excluding hydrogens is 244 g/mol. The van der Waals surface area contributed by atoms with Crippen LogP contribution < -0.4 is 0 Å². The quantitative estimate of drug-likeness (QED) is 0.911. The molecule has 1 aromatic carbocycles. The van der Waals surface area contributed by atoms with Crippen molar-refractivity contribution in [2.24, 2.45) is 0 Å². The highest BCUT2D eigenvalue weighted by Crippen LogP contribution is 2.30. The van der Waals surface area contributed by atoms with Crippen molar-refractivity contribution in [2.75, 3.05) is 0 Å². The number of thiophene rings is 1. The molecule has 1 atom stereocenters. The van der Waals surface area contributed by atoms with Crippen molar-refractivity contribution < 1.29 is 9.90 Å². The summed E-state index contributed by atoms with van der Waals surface area (Å²) in [6.45, 7) is 3.78. The van der Waals surface area contributed by atoms with Crippen molar-refractivity contribution >= 4 is 17.3 Å². The number of carbonyl (C=O) groups is 1. The van der Waals surface area contributed by atoms with Gasteiger partial charge in [-0.1, -0.05) is 35.9 Å². The van der Waals surface area contributed by atoms with Crippen LogP contribution in [0.4, 0.5) is 0 Å². The lowest BCUT2D eigenvalue weighted by atomic mass is 9.78. The van der Waals surface area contributed by atoms with Crippen molar-refractivity contribution in [1.82, 2.24) is 0 Å². The number of benzene rings is 1. The Morgan fingerprint density at radius 1 is 1.33 bits per heavy atom. The summed E-state index contributed by atoms with van der Waals surface area (Å²) in [6, 6.07) is 11.7. The highest BCUT2D eigenvalue weighted by Gasteiger charge is 2.35. The van der Waals surface area contributed by atoms with Crippen molar-refractivity contribution in [3.63, 3.8) is 0 Å². The van der Waals surface area contributed by atoms with E-state index in [1.807, 2.05) is 48.7 Å². The Hall–Kier alpha value is -1.61. The fourth-order valence-corrected chi connectivity index (χ4v) is 2.91. The van der Waals surface area contributed by atoms with Crippen molar-refractivity contribution in [3.8, 4) is 0 Å². The molecule has 0 saturated carbocycles. The van der Waals surface area contributed by atoms with Crippen LogP contribution in [0.25, 0.3) is 0 Å². The summed E-state index contributed by atoms with van der Waals surface area (Å²) in [6.07, 6.45) is 0.531. The molecule has 0 spiro atoms. The highest BCUT2D eigenvalue weighted by molar-refractivity contribution is 7.09. The largest absolute Gasteiger partial charge is 0.481 e. The van der Waals surface area contributed by atoms with Gasteiger partial charge in [-0.25, -0.2) is 0 Å². The first-order valence-corrected chi connectivity index (χ1v) is 6.73. The number of aliphatic carboxylic acids is 1. The van der Waals surface area contributed by atoms with Crippen LogP contribution in [0.15, 0.2) is 41.8 Å². The third-order valence-electron chi connectivity index (χ3n) is 3.24. The SMILES string of the molecule is Cc1cccc(C(C)(Cc2cccs2)C(=O)O)c1. The lowest BCUT2D eigenvalue weighted by molar-refractivity contribution is -0.143. The van der Waals surface area contributed by atoms with Crippen LogP contribution in [0, 0.1) is 6.92 Å². The lowest BCUT2D eigenvalue weighted by Crippen LogP contribution is -2.34. The van der Waals surface area contributed by atoms with Gasteiger partial charge in [-0.3, -0.25) is 4.79 Å². The Morgan fingerprint density at radius 2 is 2.11 bits per heavy atom. The van der Waals surface area contributed by atoms with Gasteiger partial charge in [-0.2, -0.15) is 0 Å². The second-order valence-electron chi connectivity index (χ2n) is 4.76. The summed E-state index contributed by atoms with van der Waals surface area (Å²) >= 11 is 1.60. The van der Waals surface area contributed by atoms with E-state index < -0.39 is 11.4 Å². The molecule has 18 heavy (non-hydrogen) atoms. The summed E-state index contributed by atoms with van der Waals surface area (Å²) in [5.74, 6) is -0.776. The van der Waals surface area contributed by atoms with E-state index in [0.29, 0.717) is 6.42 Å². The first kappa shape index (κ1) is 12.8. The average Bonchev–Trinajstić information content (AvgIpc) is 2.81. The maximum absolute atomic E-state index is 11.7. The summed E-state index contributed by atoms with van der Waals surface area (Å²) in [7, 11) is 0. The van der Waals surface area contributed by atoms with Gasteiger partial charge in [0.1, 0.15) is 0 Å². The first-order valence-electron chi connectivity index (χ1n) is 5.85. The minimum Gasteiger partial charge on any atom is -0.481 e. The molecule has 0 fully saturated rings. The minimum absolute atomic E-state index is 0.531. The van der Waals surface area contributed by atoms with Gasteiger partial charge in [0.25, 0.3) is 0 Å². The molecule has 0 aliphatic rings. The number of hydrogen-bond donors (Lipinski definition) is 1. The van der Waals surface area contributed by atoms with Crippen LogP contribution in [0.2, 0.25) is 0 Å². The zero-order valence-corrected chi connectivity index (χ0v) is 11.3. The van der Waals surface area contributed by atoms with Gasteiger partial charge in [0, 0.05) is 11.3 Å². The molecule has 1 aromatic heterocycles. The van der Waals surface area contributed by atoms with Gasteiger partial charge in [-0.15, -0.1) is 11.3 Å². The maximum Gasteiger partial charge on any atom is 0.314 e. The second kappa shape index (κ2) is 4.94. The molecular formula is C15H16O2S. The van der Waals surface area contributed by atoms with Crippen LogP contribution in [0.3, 0.4) is 0 Å². The molecule has 0 saturated heterocycles. The Labute approximate surface area is 111 Å². The molecule has 1 heterocycles. The summed E-state index contributed by atoms with van der Waals surface area (Å²) < 4.78 is 0. The van der Waals surface area contributed by atoms with Gasteiger partial charge < -0.3 is 5.11 Å². The Bertz CT molecular complexity index is 545. The molecule has 94 valence electrons. The van der Waals surface area contributed by atoms with Crippen LogP contribution >= 0.6 is 11.3 Å². The van der Waals surface area contributed by atoms with Crippen LogP contribution in [-0.2, 0) is 16.6 Å². The monoisotopic (exact) mass is 260 g/mol. The normalized spacial score (nSPS) is 14.1. The number of hydrogen-bond acceptors (Lipinski definition) is 2. The van der Waals surface area contributed by atoms with Crippen molar-refractivity contribution in [2.45, 2.75) is 25.7 Å². The smallest absolute Gasteiger partial charge is 0.314 e. The zero-order chi connectivity index (χ0) is 13.2. The van der Waals surface area contributed by atoms with E-state index in [9.17, 15) is 9.90 Å². The van der Waals surface area contributed by atoms with E-state index in [1.165, 1.54) is 0 Å². The van der Waals surface area contributed by atoms with Crippen LogP contribution in [0.1, 0.15) is 22.9 Å². The number of aryl methyl sites for hydroxylation is 1. The molecule has 2 rings (SSSR count). The van der Waals surface area contributed by atoms with E-state index in [2.05, 4.69) is 0 Å². The van der Waals surface area contributed by atoms with Crippen LogP contribution in [-0.4, -0.2) is 11.1 Å². The van der Waals surface area contributed by atoms with E-state index in [-0.39, 0.29) is 0 Å². The zero-order valence-electron chi connectivity index (χ0n) is 10.5. The molecule has 0 amide bonds. The fraction of sp³-hybridized carbons (Fsp3) is 0.267. The molecule has 1 unspecified atom stereocenters. The lowest BCUT2D eigenvalue weighted by Gasteiger charge is -2.25. The Balaban J connectivity index is 2.41. The van der Waals surface area contributed by atoms with E-state index in [0.717, 1.165) is 16.0 Å². The predicted octanol–water partition coefficient (Wildman–Crippen LogP) is 3.64. The first-order chi connectivity index (χ1) is 8.52. The van der Waals surface area contributed by atoms with Crippen molar-refractivity contribution in [3.05, 3.63) is 57.8 Å². The van der Waals surface area contributed by atoms with Gasteiger partial charge in [0.05, 0.1) is 5.41 Å². The third-order valence-corrected chi connectivity index (χ3v) is 4.11. The number of carboxylic acid groups (broad SMARTS) is 1. The molecule has 0 aliphatic carbocycles. The molecule has 3 heteroatoms. The number of rotatable bonds is 4. The topological polar surface area (TPSA) is 37.3 Å². The van der Waals surface area contributed by atoms with Gasteiger partial charge >= 0.3 is 5.97 Å². The molecule has 1 N–H and O–H groups in total. The standard InChI is InChI=1S/C15H16O2S/c1-11-5-3-6-12(9-11)15(2,14(16)17)10-13-7-4-8-18-13/h3-9H,10H2,1-2H3,(H,16,17). The molecule has 0 radical (unpaired) electrons. The molecule has 0 aliphatic heterocycles. The Kier molecular flexibility index (Phi) is 3.53. The fourth-order valence-electron chi connectivity index (χ4n) is 2.05. The van der Waals surface area contributed by atoms with E-state index >= 15 is 0 Å². The van der Waals surface area contributed by atoms with Gasteiger partial charge in [0.2, 0.25) is 0 Å². The van der Waals surface area contributed by atoms with E-state index in [1.54, 1.807) is 18.3 Å². The van der Waals surface area contributed by atoms with Gasteiger partial charge in [-0.05, 0) is 30.9 Å². The van der Waals surface area contributed by atoms with Gasteiger partial charge in [0.15, 0.2) is 0 Å². The van der Waals surface area contributed by atoms with Crippen molar-refractivity contribution in [1.29, 1.82) is 0 Å². The summed E-state index contributed by atoms with van der Waals surface area (Å²) in [4.78, 5) is 12.8. The molecule has 0 bridgehead atoms. The maximum atomic E-state index is 11.7. The predicted molar refractivity (Wildman–Crippen MR) is 74.2 cm³/mol. The summed E-state index contributed by atoms with van der Waals surface area (Å²) in [5.41, 5.74) is 1.09. The third kappa shape index (κ3) is 2.46. The summed E-state index contributed by atoms with van der Waals surface area (Å²) in [5, 5.41) is 11.6. The molecule has 2 aromatic rings. The number of carboxylic acids is 1. The molecule has 2 nitrogen and oxygen atoms in total.